The molecule has 0 aliphatic rings. The molecule has 20 heavy (non-hydrogen) atoms. The van der Waals surface area contributed by atoms with E-state index in [1.165, 1.54) is 0 Å². The number of rotatable bonds is 10. The van der Waals surface area contributed by atoms with E-state index in [1.54, 1.807) is 7.11 Å². The summed E-state index contributed by atoms with van der Waals surface area (Å²) in [6, 6.07) is 2.15. The monoisotopic (exact) mass is 282 g/mol. The van der Waals surface area contributed by atoms with Crippen LogP contribution in [0.25, 0.3) is 0 Å². The smallest absolute Gasteiger partial charge is 0.158 e. The Labute approximate surface area is 121 Å². The van der Waals surface area contributed by atoms with Crippen LogP contribution in [0.2, 0.25) is 0 Å². The first-order valence-electron chi connectivity index (χ1n) is 7.18. The first-order chi connectivity index (χ1) is 9.73. The highest BCUT2D eigenvalue weighted by molar-refractivity contribution is 5.48. The average molecular weight is 282 g/mol. The van der Waals surface area contributed by atoms with Crippen LogP contribution in [0.4, 0.5) is 11.6 Å². The summed E-state index contributed by atoms with van der Waals surface area (Å²) in [6.07, 6.45) is 0.967. The molecule has 0 spiro atoms. The number of hydrogen-bond acceptors (Lipinski definition) is 6. The van der Waals surface area contributed by atoms with Gasteiger partial charge in [-0.3, -0.25) is 0 Å². The minimum atomic E-state index is 0.240. The second-order valence-electron chi connectivity index (χ2n) is 4.43. The largest absolute Gasteiger partial charge is 0.383 e. The molecule has 0 bridgehead atoms. The Morgan fingerprint density at radius 2 is 1.95 bits per heavy atom. The highest BCUT2D eigenvalue weighted by atomic mass is 16.5. The summed E-state index contributed by atoms with van der Waals surface area (Å²) in [7, 11) is 1.70. The molecule has 1 unspecified atom stereocenters. The molecular weight excluding hydrogens is 256 g/mol. The van der Waals surface area contributed by atoms with Crippen LogP contribution in [0.5, 0.6) is 0 Å². The van der Waals surface area contributed by atoms with E-state index in [2.05, 4.69) is 27.5 Å². The van der Waals surface area contributed by atoms with Crippen LogP contribution in [-0.4, -0.2) is 42.9 Å². The summed E-state index contributed by atoms with van der Waals surface area (Å²) < 4.78 is 10.6. The summed E-state index contributed by atoms with van der Waals surface area (Å²) in [5.74, 6) is 2.29. The molecule has 1 atom stereocenters. The van der Waals surface area contributed by atoms with Crippen molar-refractivity contribution >= 4 is 11.6 Å². The highest BCUT2D eigenvalue weighted by Crippen LogP contribution is 2.14. The predicted octanol–water partition coefficient (Wildman–Crippen LogP) is 2.28. The van der Waals surface area contributed by atoms with Crippen molar-refractivity contribution in [3.05, 3.63) is 11.9 Å². The van der Waals surface area contributed by atoms with Crippen molar-refractivity contribution < 1.29 is 9.47 Å². The molecule has 0 saturated carbocycles. The minimum Gasteiger partial charge on any atom is -0.383 e. The van der Waals surface area contributed by atoms with Gasteiger partial charge in [-0.1, -0.05) is 6.92 Å². The van der Waals surface area contributed by atoms with E-state index in [4.69, 9.17) is 9.47 Å². The molecular formula is C14H26N4O2. The molecule has 1 rings (SSSR count). The number of hydrogen-bond donors (Lipinski definition) is 2. The first-order valence-corrected chi connectivity index (χ1v) is 7.18. The molecule has 6 nitrogen and oxygen atoms in total. The fourth-order valence-electron chi connectivity index (χ4n) is 1.77. The average Bonchev–Trinajstić information content (AvgIpc) is 2.45. The number of ether oxygens (including phenoxy) is 2. The van der Waals surface area contributed by atoms with Crippen LogP contribution in [0.3, 0.4) is 0 Å². The molecule has 1 aromatic rings. The maximum atomic E-state index is 5.38. The molecule has 0 fully saturated rings. The lowest BCUT2D eigenvalue weighted by atomic mass is 10.2. The Morgan fingerprint density at radius 3 is 2.55 bits per heavy atom. The van der Waals surface area contributed by atoms with E-state index in [0.717, 1.165) is 24.6 Å². The van der Waals surface area contributed by atoms with Gasteiger partial charge in [-0.2, -0.15) is 0 Å². The summed E-state index contributed by atoms with van der Waals surface area (Å²) in [5, 5.41) is 6.58. The molecule has 0 aliphatic carbocycles. The van der Waals surface area contributed by atoms with E-state index in [1.807, 2.05) is 19.9 Å². The van der Waals surface area contributed by atoms with Gasteiger partial charge in [-0.05, 0) is 20.3 Å². The van der Waals surface area contributed by atoms with Crippen molar-refractivity contribution in [3.8, 4) is 0 Å². The summed E-state index contributed by atoms with van der Waals surface area (Å²) in [4.78, 5) is 8.90. The van der Waals surface area contributed by atoms with Gasteiger partial charge in [0.05, 0.1) is 12.6 Å². The van der Waals surface area contributed by atoms with Crippen LogP contribution in [0.15, 0.2) is 6.07 Å². The number of anilines is 2. The van der Waals surface area contributed by atoms with Gasteiger partial charge in [-0.25, -0.2) is 9.97 Å². The highest BCUT2D eigenvalue weighted by Gasteiger charge is 2.09. The van der Waals surface area contributed by atoms with Crippen LogP contribution < -0.4 is 10.6 Å². The van der Waals surface area contributed by atoms with Gasteiger partial charge in [0.15, 0.2) is 5.82 Å². The molecule has 0 radical (unpaired) electrons. The second kappa shape index (κ2) is 9.50. The number of methoxy groups -OCH3 is 1. The van der Waals surface area contributed by atoms with Crippen LogP contribution in [0.1, 0.15) is 33.0 Å². The summed E-state index contributed by atoms with van der Waals surface area (Å²) >= 11 is 0. The van der Waals surface area contributed by atoms with Crippen molar-refractivity contribution in [2.24, 2.45) is 0 Å². The van der Waals surface area contributed by atoms with Gasteiger partial charge in [-0.15, -0.1) is 0 Å². The number of aromatic nitrogens is 2. The zero-order valence-corrected chi connectivity index (χ0v) is 12.9. The van der Waals surface area contributed by atoms with Crippen molar-refractivity contribution in [2.45, 2.75) is 39.8 Å². The lowest BCUT2D eigenvalue weighted by molar-refractivity contribution is 0.128. The SMILES string of the molecule is CCNc1cc(NC(CC)COC)nc(COCC)n1. The fourth-order valence-corrected chi connectivity index (χ4v) is 1.77. The molecule has 6 heteroatoms. The van der Waals surface area contributed by atoms with Gasteiger partial charge in [0.1, 0.15) is 18.2 Å². The van der Waals surface area contributed by atoms with Crippen LogP contribution >= 0.6 is 0 Å². The second-order valence-corrected chi connectivity index (χ2v) is 4.43. The van der Waals surface area contributed by atoms with E-state index in [-0.39, 0.29) is 6.04 Å². The third-order valence-corrected chi connectivity index (χ3v) is 2.78. The Morgan fingerprint density at radius 1 is 1.20 bits per heavy atom. The third kappa shape index (κ3) is 5.71. The predicted molar refractivity (Wildman–Crippen MR) is 81.1 cm³/mol. The van der Waals surface area contributed by atoms with Gasteiger partial charge in [0, 0.05) is 26.3 Å². The van der Waals surface area contributed by atoms with E-state index in [0.29, 0.717) is 25.6 Å². The van der Waals surface area contributed by atoms with E-state index < -0.39 is 0 Å². The van der Waals surface area contributed by atoms with E-state index >= 15 is 0 Å². The zero-order valence-electron chi connectivity index (χ0n) is 12.9. The molecule has 1 heterocycles. The lowest BCUT2D eigenvalue weighted by Crippen LogP contribution is -2.25. The normalized spacial score (nSPS) is 12.2. The quantitative estimate of drug-likeness (QED) is 0.686. The van der Waals surface area contributed by atoms with Gasteiger partial charge in [0.2, 0.25) is 0 Å². The third-order valence-electron chi connectivity index (χ3n) is 2.78. The molecule has 114 valence electrons. The van der Waals surface area contributed by atoms with Crippen LogP contribution in [0, 0.1) is 0 Å². The Balaban J connectivity index is 2.83. The Kier molecular flexibility index (Phi) is 7.91. The van der Waals surface area contributed by atoms with Gasteiger partial charge >= 0.3 is 0 Å². The lowest BCUT2D eigenvalue weighted by Gasteiger charge is -2.17. The minimum absolute atomic E-state index is 0.240. The zero-order chi connectivity index (χ0) is 14.8. The van der Waals surface area contributed by atoms with Crippen molar-refractivity contribution in [1.29, 1.82) is 0 Å². The van der Waals surface area contributed by atoms with Crippen LogP contribution in [-0.2, 0) is 16.1 Å². The van der Waals surface area contributed by atoms with E-state index in [9.17, 15) is 0 Å². The van der Waals surface area contributed by atoms with Crippen molar-refractivity contribution in [2.75, 3.05) is 37.5 Å². The molecule has 0 amide bonds. The number of nitrogens with one attached hydrogen (secondary N) is 2. The maximum Gasteiger partial charge on any atom is 0.158 e. The Hall–Kier alpha value is -1.40. The molecule has 0 aromatic carbocycles. The topological polar surface area (TPSA) is 68.3 Å². The number of nitrogens with zero attached hydrogens (tertiary/aromatic N) is 2. The van der Waals surface area contributed by atoms with Gasteiger partial charge in [0.25, 0.3) is 0 Å². The first kappa shape index (κ1) is 16.7. The molecule has 0 saturated heterocycles. The molecule has 2 N–H and O–H groups in total. The summed E-state index contributed by atoms with van der Waals surface area (Å²) in [6.45, 7) is 8.66. The summed E-state index contributed by atoms with van der Waals surface area (Å²) in [5.41, 5.74) is 0. The fraction of sp³-hybridized carbons (Fsp3) is 0.714. The van der Waals surface area contributed by atoms with Crippen molar-refractivity contribution in [3.63, 3.8) is 0 Å². The van der Waals surface area contributed by atoms with Gasteiger partial charge < -0.3 is 20.1 Å². The standard InChI is InChI=1S/C14H26N4O2/c1-5-11(9-19-4)16-13-8-12(15-6-2)17-14(18-13)10-20-7-3/h8,11H,5-7,9-10H2,1-4H3,(H2,15,16,17,18). The molecule has 1 aromatic heterocycles. The Bertz CT molecular complexity index is 387. The van der Waals surface area contributed by atoms with Crippen molar-refractivity contribution in [1.82, 2.24) is 9.97 Å². The maximum absolute atomic E-state index is 5.38. The molecule has 0 aliphatic heterocycles.